The minimum absolute atomic E-state index is 0.0185. The van der Waals surface area contributed by atoms with Crippen molar-refractivity contribution in [1.29, 1.82) is 0 Å². The molecular formula is C10H12N4O3S. The van der Waals surface area contributed by atoms with Crippen LogP contribution in [-0.2, 0) is 16.6 Å². The number of nitrogens with zero attached hydrogens (tertiary/aromatic N) is 2. The summed E-state index contributed by atoms with van der Waals surface area (Å²) in [5.41, 5.74) is 0.742. The van der Waals surface area contributed by atoms with Crippen molar-refractivity contribution >= 4 is 16.0 Å². The van der Waals surface area contributed by atoms with Gasteiger partial charge in [0.25, 0.3) is 0 Å². The second-order valence-electron chi connectivity index (χ2n) is 3.45. The van der Waals surface area contributed by atoms with E-state index in [1.165, 1.54) is 24.9 Å². The molecule has 0 aliphatic heterocycles. The Hall–Kier alpha value is -1.93. The van der Waals surface area contributed by atoms with E-state index in [1.807, 2.05) is 0 Å². The minimum atomic E-state index is -3.61. The van der Waals surface area contributed by atoms with Gasteiger partial charge in [-0.1, -0.05) is 0 Å². The molecule has 0 radical (unpaired) electrons. The van der Waals surface area contributed by atoms with Crippen LogP contribution in [0.1, 0.15) is 5.56 Å². The molecule has 0 unspecified atom stereocenters. The number of sulfonamides is 1. The first kappa shape index (κ1) is 12.5. The summed E-state index contributed by atoms with van der Waals surface area (Å²) >= 11 is 0. The van der Waals surface area contributed by atoms with Crippen LogP contribution in [0.3, 0.4) is 0 Å². The average molecular weight is 268 g/mol. The number of furan rings is 1. The summed E-state index contributed by atoms with van der Waals surface area (Å²) in [6.07, 6.45) is 5.45. The molecule has 0 saturated carbocycles. The topological polar surface area (TPSA) is 97.1 Å². The normalized spacial score (nSPS) is 11.4. The van der Waals surface area contributed by atoms with E-state index in [2.05, 4.69) is 20.0 Å². The monoisotopic (exact) mass is 268 g/mol. The van der Waals surface area contributed by atoms with Gasteiger partial charge in [-0.3, -0.25) is 0 Å². The molecular weight excluding hydrogens is 256 g/mol. The second kappa shape index (κ2) is 5.15. The number of hydrogen-bond acceptors (Lipinski definition) is 6. The molecule has 18 heavy (non-hydrogen) atoms. The third-order valence-electron chi connectivity index (χ3n) is 2.21. The highest BCUT2D eigenvalue weighted by atomic mass is 32.2. The lowest BCUT2D eigenvalue weighted by molar-refractivity contribution is 0.561. The van der Waals surface area contributed by atoms with Crippen molar-refractivity contribution in [3.05, 3.63) is 36.5 Å². The third-order valence-corrected chi connectivity index (χ3v) is 3.56. The summed E-state index contributed by atoms with van der Waals surface area (Å²) in [7, 11) is -1.95. The first-order valence-electron chi connectivity index (χ1n) is 5.12. The summed E-state index contributed by atoms with van der Waals surface area (Å²) in [6.45, 7) is 0.159. The first-order chi connectivity index (χ1) is 8.62. The van der Waals surface area contributed by atoms with Gasteiger partial charge in [-0.15, -0.1) is 0 Å². The van der Waals surface area contributed by atoms with Gasteiger partial charge in [0.15, 0.2) is 0 Å². The van der Waals surface area contributed by atoms with Crippen molar-refractivity contribution in [2.45, 2.75) is 11.4 Å². The molecule has 96 valence electrons. The summed E-state index contributed by atoms with van der Waals surface area (Å²) < 4.78 is 31.0. The fourth-order valence-corrected chi connectivity index (χ4v) is 2.15. The van der Waals surface area contributed by atoms with Gasteiger partial charge in [0.05, 0.1) is 24.9 Å². The van der Waals surface area contributed by atoms with Crippen LogP contribution in [-0.4, -0.2) is 25.4 Å². The Balaban J connectivity index is 2.09. The summed E-state index contributed by atoms with van der Waals surface area (Å²) in [6, 6.07) is 1.68. The Kier molecular flexibility index (Phi) is 3.58. The number of rotatable bonds is 5. The number of anilines is 1. The molecule has 2 rings (SSSR count). The quantitative estimate of drug-likeness (QED) is 0.823. The summed E-state index contributed by atoms with van der Waals surface area (Å²) in [4.78, 5) is 7.72. The molecule has 0 amide bonds. The predicted molar refractivity (Wildman–Crippen MR) is 64.3 cm³/mol. The average Bonchev–Trinajstić information content (AvgIpc) is 2.90. The van der Waals surface area contributed by atoms with Crippen molar-refractivity contribution in [1.82, 2.24) is 14.7 Å². The van der Waals surface area contributed by atoms with E-state index < -0.39 is 10.0 Å². The zero-order valence-corrected chi connectivity index (χ0v) is 10.4. The van der Waals surface area contributed by atoms with Gasteiger partial charge in [0.2, 0.25) is 16.0 Å². The van der Waals surface area contributed by atoms with Crippen LogP contribution in [0.25, 0.3) is 0 Å². The van der Waals surface area contributed by atoms with Crippen LogP contribution in [0.4, 0.5) is 5.95 Å². The van der Waals surface area contributed by atoms with Gasteiger partial charge in [-0.2, -0.15) is 0 Å². The Morgan fingerprint density at radius 2 is 2.06 bits per heavy atom. The lowest BCUT2D eigenvalue weighted by Gasteiger charge is -2.05. The summed E-state index contributed by atoms with van der Waals surface area (Å²) in [5, 5.41) is 2.71. The molecule has 0 atom stereocenters. The van der Waals surface area contributed by atoms with Crippen LogP contribution < -0.4 is 10.0 Å². The van der Waals surface area contributed by atoms with E-state index in [4.69, 9.17) is 4.42 Å². The number of nitrogens with one attached hydrogen (secondary N) is 2. The van der Waals surface area contributed by atoms with E-state index in [0.717, 1.165) is 5.56 Å². The molecule has 0 saturated heterocycles. The molecule has 2 aromatic rings. The minimum Gasteiger partial charge on any atom is -0.472 e. The van der Waals surface area contributed by atoms with Crippen LogP contribution in [0, 0.1) is 0 Å². The van der Waals surface area contributed by atoms with Gasteiger partial charge in [-0.25, -0.2) is 23.1 Å². The zero-order valence-electron chi connectivity index (χ0n) is 9.62. The van der Waals surface area contributed by atoms with E-state index in [1.54, 1.807) is 13.1 Å². The molecule has 0 spiro atoms. The number of hydrogen-bond donors (Lipinski definition) is 2. The Morgan fingerprint density at radius 3 is 2.61 bits per heavy atom. The standard InChI is InChI=1S/C10H12N4O3S/c1-11-10-12-5-9(6-13-10)18(15,16)14-4-8-2-3-17-7-8/h2-3,5-7,14H,4H2,1H3,(H,11,12,13). The van der Waals surface area contributed by atoms with E-state index in [9.17, 15) is 8.42 Å². The molecule has 2 heterocycles. The Bertz CT molecular complexity index is 593. The second-order valence-corrected chi connectivity index (χ2v) is 5.22. The molecule has 0 aliphatic carbocycles. The van der Waals surface area contributed by atoms with Crippen molar-refractivity contribution in [3.8, 4) is 0 Å². The SMILES string of the molecule is CNc1ncc(S(=O)(=O)NCc2ccoc2)cn1. The third kappa shape index (κ3) is 2.84. The molecule has 0 aromatic carbocycles. The molecule has 0 bridgehead atoms. The van der Waals surface area contributed by atoms with Crippen LogP contribution >= 0.6 is 0 Å². The van der Waals surface area contributed by atoms with E-state index >= 15 is 0 Å². The number of aromatic nitrogens is 2. The van der Waals surface area contributed by atoms with Crippen molar-refractivity contribution in [3.63, 3.8) is 0 Å². The van der Waals surface area contributed by atoms with E-state index in [-0.39, 0.29) is 11.4 Å². The Labute approximate surface area is 104 Å². The molecule has 0 fully saturated rings. The molecule has 2 N–H and O–H groups in total. The van der Waals surface area contributed by atoms with Gasteiger partial charge >= 0.3 is 0 Å². The van der Waals surface area contributed by atoms with Gasteiger partial charge in [0.1, 0.15) is 4.90 Å². The predicted octanol–water partition coefficient (Wildman–Crippen LogP) is 0.590. The fourth-order valence-electron chi connectivity index (χ4n) is 1.24. The maximum atomic E-state index is 11.9. The maximum Gasteiger partial charge on any atom is 0.243 e. The lowest BCUT2D eigenvalue weighted by atomic mass is 10.4. The van der Waals surface area contributed by atoms with Gasteiger partial charge in [0, 0.05) is 19.2 Å². The van der Waals surface area contributed by atoms with Crippen molar-refractivity contribution < 1.29 is 12.8 Å². The summed E-state index contributed by atoms with van der Waals surface area (Å²) in [5.74, 6) is 0.365. The smallest absolute Gasteiger partial charge is 0.243 e. The lowest BCUT2D eigenvalue weighted by Crippen LogP contribution is -2.23. The fraction of sp³-hybridized carbons (Fsp3) is 0.200. The molecule has 7 nitrogen and oxygen atoms in total. The highest BCUT2D eigenvalue weighted by Gasteiger charge is 2.14. The maximum absolute atomic E-state index is 11.9. The zero-order chi connectivity index (χ0) is 13.0. The largest absolute Gasteiger partial charge is 0.472 e. The van der Waals surface area contributed by atoms with Crippen molar-refractivity contribution in [2.75, 3.05) is 12.4 Å². The van der Waals surface area contributed by atoms with E-state index in [0.29, 0.717) is 5.95 Å². The molecule has 8 heteroatoms. The van der Waals surface area contributed by atoms with Crippen LogP contribution in [0.15, 0.2) is 40.3 Å². The van der Waals surface area contributed by atoms with Crippen LogP contribution in [0.5, 0.6) is 0 Å². The molecule has 0 aliphatic rings. The Morgan fingerprint density at radius 1 is 1.33 bits per heavy atom. The highest BCUT2D eigenvalue weighted by Crippen LogP contribution is 2.08. The van der Waals surface area contributed by atoms with Gasteiger partial charge < -0.3 is 9.73 Å². The highest BCUT2D eigenvalue weighted by molar-refractivity contribution is 7.89. The van der Waals surface area contributed by atoms with Crippen LogP contribution in [0.2, 0.25) is 0 Å². The first-order valence-corrected chi connectivity index (χ1v) is 6.60. The van der Waals surface area contributed by atoms with Crippen molar-refractivity contribution in [2.24, 2.45) is 0 Å². The molecule has 2 aromatic heterocycles. The van der Waals surface area contributed by atoms with Gasteiger partial charge in [-0.05, 0) is 6.07 Å².